The van der Waals surface area contributed by atoms with Crippen molar-refractivity contribution in [3.8, 4) is 22.5 Å². The van der Waals surface area contributed by atoms with Gasteiger partial charge in [-0.25, -0.2) is 0 Å². The maximum absolute atomic E-state index is 4.59. The molecule has 30 heavy (non-hydrogen) atoms. The van der Waals surface area contributed by atoms with E-state index in [0.29, 0.717) is 0 Å². The predicted octanol–water partition coefficient (Wildman–Crippen LogP) is 5.27. The first-order valence-corrected chi connectivity index (χ1v) is 9.66. The van der Waals surface area contributed by atoms with E-state index < -0.39 is 0 Å². The Morgan fingerprint density at radius 3 is 2.80 bits per heavy atom. The summed E-state index contributed by atoms with van der Waals surface area (Å²) in [7, 11) is 0. The standard InChI is InChI=1S/C24H20N6/c1-3-6-18(21-7-4-5-10-25-21)19-12-23(28-15(19)2)24-20-11-16(17-13-26-27-14-17)8-9-22(20)29-30-24/h3-14,28H,1H2,2H3,(H,26,27)(H,29,30)/b18-6+. The van der Waals surface area contributed by atoms with E-state index in [0.717, 1.165) is 55.9 Å². The zero-order valence-electron chi connectivity index (χ0n) is 16.5. The Kier molecular flexibility index (Phi) is 4.37. The van der Waals surface area contributed by atoms with Crippen molar-refractivity contribution in [2.75, 3.05) is 0 Å². The first kappa shape index (κ1) is 17.9. The van der Waals surface area contributed by atoms with E-state index in [1.54, 1.807) is 12.3 Å². The molecule has 0 fully saturated rings. The number of rotatable bonds is 5. The van der Waals surface area contributed by atoms with Gasteiger partial charge in [-0.05, 0) is 42.8 Å². The van der Waals surface area contributed by atoms with Crippen molar-refractivity contribution >= 4 is 16.5 Å². The minimum Gasteiger partial charge on any atom is -0.357 e. The monoisotopic (exact) mass is 392 g/mol. The van der Waals surface area contributed by atoms with Crippen molar-refractivity contribution in [3.63, 3.8) is 0 Å². The van der Waals surface area contributed by atoms with Gasteiger partial charge in [0.15, 0.2) is 0 Å². The van der Waals surface area contributed by atoms with Crippen LogP contribution in [0.3, 0.4) is 0 Å². The Bertz CT molecular complexity index is 1350. The van der Waals surface area contributed by atoms with Crippen LogP contribution in [-0.2, 0) is 0 Å². The van der Waals surface area contributed by atoms with E-state index in [2.05, 4.69) is 62.1 Å². The third-order valence-corrected chi connectivity index (χ3v) is 5.18. The molecule has 0 aliphatic rings. The number of allylic oxidation sites excluding steroid dienone is 2. The summed E-state index contributed by atoms with van der Waals surface area (Å²) in [6.07, 6.45) is 9.28. The summed E-state index contributed by atoms with van der Waals surface area (Å²) in [6, 6.07) is 14.3. The number of pyridine rings is 1. The molecule has 146 valence electrons. The number of nitrogens with one attached hydrogen (secondary N) is 3. The highest BCUT2D eigenvalue weighted by Gasteiger charge is 2.16. The highest BCUT2D eigenvalue weighted by molar-refractivity contribution is 5.96. The molecule has 0 bridgehead atoms. The molecule has 5 rings (SSSR count). The number of H-pyrrole nitrogens is 3. The molecule has 0 unspecified atom stereocenters. The normalized spacial score (nSPS) is 11.8. The van der Waals surface area contributed by atoms with Gasteiger partial charge in [0, 0.05) is 40.2 Å². The number of benzene rings is 1. The summed E-state index contributed by atoms with van der Waals surface area (Å²) >= 11 is 0. The van der Waals surface area contributed by atoms with Gasteiger partial charge in [0.2, 0.25) is 0 Å². The lowest BCUT2D eigenvalue weighted by molar-refractivity contribution is 1.09. The lowest BCUT2D eigenvalue weighted by Gasteiger charge is -2.05. The summed E-state index contributed by atoms with van der Waals surface area (Å²) < 4.78 is 0. The highest BCUT2D eigenvalue weighted by atomic mass is 15.1. The van der Waals surface area contributed by atoms with E-state index in [1.807, 2.05) is 42.7 Å². The molecule has 4 aromatic heterocycles. The van der Waals surface area contributed by atoms with Gasteiger partial charge in [0.1, 0.15) is 5.69 Å². The van der Waals surface area contributed by atoms with Crippen LogP contribution >= 0.6 is 0 Å². The third kappa shape index (κ3) is 3.04. The molecule has 6 nitrogen and oxygen atoms in total. The first-order chi connectivity index (χ1) is 14.7. The van der Waals surface area contributed by atoms with Crippen molar-refractivity contribution in [2.24, 2.45) is 0 Å². The Labute approximate surface area is 173 Å². The fourth-order valence-corrected chi connectivity index (χ4v) is 3.73. The third-order valence-electron chi connectivity index (χ3n) is 5.18. The number of nitrogens with zero attached hydrogens (tertiary/aromatic N) is 3. The Morgan fingerprint density at radius 2 is 2.03 bits per heavy atom. The molecule has 0 amide bonds. The van der Waals surface area contributed by atoms with Gasteiger partial charge in [-0.15, -0.1) is 0 Å². The largest absolute Gasteiger partial charge is 0.357 e. The van der Waals surface area contributed by atoms with E-state index in [-0.39, 0.29) is 0 Å². The summed E-state index contributed by atoms with van der Waals surface area (Å²) in [4.78, 5) is 8.01. The van der Waals surface area contributed by atoms with Crippen LogP contribution in [0.4, 0.5) is 0 Å². The Morgan fingerprint density at radius 1 is 1.10 bits per heavy atom. The second-order valence-electron chi connectivity index (χ2n) is 7.07. The molecule has 4 heterocycles. The summed E-state index contributed by atoms with van der Waals surface area (Å²) in [6.45, 7) is 5.93. The van der Waals surface area contributed by atoms with Crippen LogP contribution in [0, 0.1) is 6.92 Å². The van der Waals surface area contributed by atoms with Crippen LogP contribution in [-0.4, -0.2) is 30.4 Å². The molecular formula is C24H20N6. The first-order valence-electron chi connectivity index (χ1n) is 9.66. The predicted molar refractivity (Wildman–Crippen MR) is 120 cm³/mol. The van der Waals surface area contributed by atoms with Crippen LogP contribution in [0.1, 0.15) is 17.0 Å². The SMILES string of the molecule is C=C/C=C(/c1ccccn1)c1cc(-c2n[nH]c3ccc(-c4cn[nH]c4)cc23)[nH]c1C. The van der Waals surface area contributed by atoms with E-state index in [1.165, 1.54) is 0 Å². The zero-order valence-corrected chi connectivity index (χ0v) is 16.5. The topological polar surface area (TPSA) is 86.0 Å². The molecular weight excluding hydrogens is 372 g/mol. The Balaban J connectivity index is 1.62. The second-order valence-corrected chi connectivity index (χ2v) is 7.07. The Hall–Kier alpha value is -4.19. The molecule has 5 aromatic rings. The van der Waals surface area contributed by atoms with E-state index in [9.17, 15) is 0 Å². The highest BCUT2D eigenvalue weighted by Crippen LogP contribution is 2.33. The number of aromatic amines is 3. The molecule has 3 N–H and O–H groups in total. The van der Waals surface area contributed by atoms with E-state index in [4.69, 9.17) is 0 Å². The summed E-state index contributed by atoms with van der Waals surface area (Å²) in [5, 5.41) is 15.7. The van der Waals surface area contributed by atoms with Crippen molar-refractivity contribution in [1.82, 2.24) is 30.4 Å². The number of aromatic nitrogens is 6. The van der Waals surface area contributed by atoms with Gasteiger partial charge < -0.3 is 4.98 Å². The van der Waals surface area contributed by atoms with Gasteiger partial charge in [-0.2, -0.15) is 10.2 Å². The van der Waals surface area contributed by atoms with Crippen LogP contribution in [0.2, 0.25) is 0 Å². The zero-order chi connectivity index (χ0) is 20.5. The van der Waals surface area contributed by atoms with Crippen LogP contribution in [0.5, 0.6) is 0 Å². The summed E-state index contributed by atoms with van der Waals surface area (Å²) in [5.41, 5.74) is 8.98. The molecule has 0 spiro atoms. The maximum atomic E-state index is 4.59. The van der Waals surface area contributed by atoms with Crippen molar-refractivity contribution < 1.29 is 0 Å². The van der Waals surface area contributed by atoms with Crippen molar-refractivity contribution in [1.29, 1.82) is 0 Å². The number of fused-ring (bicyclic) bond motifs is 1. The summed E-state index contributed by atoms with van der Waals surface area (Å²) in [5.74, 6) is 0. The fraction of sp³-hybridized carbons (Fsp3) is 0.0417. The second kappa shape index (κ2) is 7.33. The number of hydrogen-bond acceptors (Lipinski definition) is 3. The maximum Gasteiger partial charge on any atom is 0.116 e. The number of hydrogen-bond donors (Lipinski definition) is 3. The van der Waals surface area contributed by atoms with Gasteiger partial charge in [-0.1, -0.05) is 30.9 Å². The quantitative estimate of drug-likeness (QED) is 0.356. The smallest absolute Gasteiger partial charge is 0.116 e. The number of aryl methyl sites for hydroxylation is 1. The minimum atomic E-state index is 0.878. The van der Waals surface area contributed by atoms with Crippen LogP contribution in [0.25, 0.3) is 39.0 Å². The van der Waals surface area contributed by atoms with Crippen LogP contribution < -0.4 is 0 Å². The van der Waals surface area contributed by atoms with Crippen molar-refractivity contribution in [3.05, 3.63) is 96.7 Å². The van der Waals surface area contributed by atoms with Gasteiger partial charge in [0.25, 0.3) is 0 Å². The molecule has 1 aromatic carbocycles. The molecule has 0 atom stereocenters. The average molecular weight is 392 g/mol. The van der Waals surface area contributed by atoms with Crippen molar-refractivity contribution in [2.45, 2.75) is 6.92 Å². The van der Waals surface area contributed by atoms with Gasteiger partial charge in [-0.3, -0.25) is 15.2 Å². The molecule has 0 saturated heterocycles. The molecule has 6 heteroatoms. The van der Waals surface area contributed by atoms with Gasteiger partial charge in [0.05, 0.1) is 23.1 Å². The van der Waals surface area contributed by atoms with Crippen LogP contribution in [0.15, 0.2) is 79.8 Å². The molecule has 0 radical (unpaired) electrons. The van der Waals surface area contributed by atoms with Gasteiger partial charge >= 0.3 is 0 Å². The average Bonchev–Trinajstić information content (AvgIpc) is 3.52. The molecule has 0 aliphatic heterocycles. The van der Waals surface area contributed by atoms with E-state index >= 15 is 0 Å². The lowest BCUT2D eigenvalue weighted by atomic mass is 10.0. The molecule has 0 aliphatic carbocycles. The molecule has 0 saturated carbocycles. The minimum absolute atomic E-state index is 0.878. The lowest BCUT2D eigenvalue weighted by Crippen LogP contribution is -1.91. The fourth-order valence-electron chi connectivity index (χ4n) is 3.73.